The maximum Gasteiger partial charge on any atom is 0.224 e. The number of aliphatic imine (C=N–C) groups is 1. The highest BCUT2D eigenvalue weighted by atomic mass is 16.3. The Labute approximate surface area is 126 Å². The largest absolute Gasteiger partial charge is 0.387 e. The first-order valence-corrected chi connectivity index (χ1v) is 6.79. The Balaban J connectivity index is 4.90. The molecule has 0 aromatic carbocycles. The second-order valence-electron chi connectivity index (χ2n) is 4.59. The van der Waals surface area contributed by atoms with Gasteiger partial charge in [0, 0.05) is 19.3 Å². The maximum absolute atomic E-state index is 11.6. The molecular weight excluding hydrogens is 268 g/mol. The summed E-state index contributed by atoms with van der Waals surface area (Å²) in [7, 11) is 1.59. The van der Waals surface area contributed by atoms with Crippen molar-refractivity contribution in [3.05, 3.63) is 37.2 Å². The zero-order chi connectivity index (χ0) is 16.3. The third kappa shape index (κ3) is 7.94. The van der Waals surface area contributed by atoms with Gasteiger partial charge in [-0.05, 0) is 19.2 Å². The minimum absolute atomic E-state index is 0.0874. The number of aliphatic hydroxyl groups is 1. The first-order chi connectivity index (χ1) is 9.96. The molecule has 0 aliphatic heterocycles. The first kappa shape index (κ1) is 18.9. The van der Waals surface area contributed by atoms with Crippen LogP contribution >= 0.6 is 0 Å². The van der Waals surface area contributed by atoms with Crippen molar-refractivity contribution >= 4 is 12.2 Å². The maximum atomic E-state index is 11.6. The van der Waals surface area contributed by atoms with E-state index in [0.29, 0.717) is 13.1 Å². The number of nitrogens with one attached hydrogen (secondary N) is 2. The van der Waals surface area contributed by atoms with E-state index in [9.17, 15) is 9.90 Å². The first-order valence-electron chi connectivity index (χ1n) is 6.79. The monoisotopic (exact) mass is 294 g/mol. The molecule has 0 aliphatic rings. The molecular formula is C15H26N4O2. The normalized spacial score (nSPS) is 14.4. The van der Waals surface area contributed by atoms with Crippen LogP contribution in [0.1, 0.15) is 13.8 Å². The molecule has 0 saturated carbocycles. The Kier molecular flexibility index (Phi) is 9.62. The van der Waals surface area contributed by atoms with Crippen LogP contribution in [0.3, 0.4) is 0 Å². The van der Waals surface area contributed by atoms with Crippen molar-refractivity contribution in [3.63, 3.8) is 0 Å². The zero-order valence-corrected chi connectivity index (χ0v) is 13.0. The molecule has 0 fully saturated rings. The number of allylic oxidation sites excluding steroid dienone is 3. The zero-order valence-electron chi connectivity index (χ0n) is 13.0. The number of hydrogen-bond acceptors (Lipinski definition) is 4. The van der Waals surface area contributed by atoms with E-state index in [2.05, 4.69) is 28.8 Å². The van der Waals surface area contributed by atoms with Gasteiger partial charge in [-0.1, -0.05) is 26.2 Å². The fourth-order valence-corrected chi connectivity index (χ4v) is 1.58. The molecule has 21 heavy (non-hydrogen) atoms. The van der Waals surface area contributed by atoms with E-state index in [1.807, 2.05) is 6.92 Å². The van der Waals surface area contributed by atoms with E-state index in [-0.39, 0.29) is 11.8 Å². The predicted octanol–water partition coefficient (Wildman–Crippen LogP) is 0.840. The summed E-state index contributed by atoms with van der Waals surface area (Å²) < 4.78 is 0. The summed E-state index contributed by atoms with van der Waals surface area (Å²) in [6, 6.07) is 0. The van der Waals surface area contributed by atoms with Crippen LogP contribution in [0.4, 0.5) is 0 Å². The van der Waals surface area contributed by atoms with Crippen molar-refractivity contribution in [1.82, 2.24) is 15.5 Å². The average molecular weight is 294 g/mol. The van der Waals surface area contributed by atoms with Gasteiger partial charge >= 0.3 is 0 Å². The van der Waals surface area contributed by atoms with E-state index in [1.54, 1.807) is 31.0 Å². The van der Waals surface area contributed by atoms with Gasteiger partial charge in [-0.25, -0.2) is 4.99 Å². The summed E-state index contributed by atoms with van der Waals surface area (Å²) >= 11 is 0. The van der Waals surface area contributed by atoms with Crippen LogP contribution in [-0.2, 0) is 4.79 Å². The number of amides is 1. The lowest BCUT2D eigenvalue weighted by Crippen LogP contribution is -2.45. The molecule has 3 N–H and O–H groups in total. The number of nitrogens with zero attached hydrogens (tertiary/aromatic N) is 2. The molecule has 0 spiro atoms. The smallest absolute Gasteiger partial charge is 0.224 e. The standard InChI is InChI=1S/C15H26N4O2/c1-6-8-13(4)18-11-19(14(20)9-17-7-2)10-12(3)15(21)16-5/h6-8,11-12,14,17,20H,1-2,9-10H2,3-5H3,(H,16,21)/b13-8+,18-11-/t12?,14-/m0/s1. The summed E-state index contributed by atoms with van der Waals surface area (Å²) in [4.78, 5) is 17.4. The molecule has 0 aromatic heterocycles. The van der Waals surface area contributed by atoms with Crippen molar-refractivity contribution in [2.45, 2.75) is 20.1 Å². The Morgan fingerprint density at radius 2 is 2.14 bits per heavy atom. The SMILES string of the molecule is C=C/C=C(C)/N=C\N(CC(C)C(=O)NC)[C@@H](O)CNC=C. The molecule has 1 unspecified atom stereocenters. The van der Waals surface area contributed by atoms with Crippen LogP contribution in [0.25, 0.3) is 0 Å². The van der Waals surface area contributed by atoms with Crippen LogP contribution in [0, 0.1) is 5.92 Å². The molecule has 0 rings (SSSR count). The minimum Gasteiger partial charge on any atom is -0.387 e. The molecule has 0 radical (unpaired) electrons. The number of carbonyl (C=O) groups is 1. The molecule has 0 bridgehead atoms. The van der Waals surface area contributed by atoms with Gasteiger partial charge in [0.05, 0.1) is 18.8 Å². The Morgan fingerprint density at radius 3 is 2.67 bits per heavy atom. The number of carbonyl (C=O) groups excluding carboxylic acids is 1. The summed E-state index contributed by atoms with van der Waals surface area (Å²) in [6.45, 7) is 11.4. The lowest BCUT2D eigenvalue weighted by molar-refractivity contribution is -0.124. The molecule has 1 amide bonds. The van der Waals surface area contributed by atoms with Gasteiger partial charge in [-0.15, -0.1) is 0 Å². The average Bonchev–Trinajstić information content (AvgIpc) is 2.47. The Hall–Kier alpha value is -2.08. The minimum atomic E-state index is -0.810. The molecule has 118 valence electrons. The Morgan fingerprint density at radius 1 is 1.48 bits per heavy atom. The second kappa shape index (κ2) is 10.7. The van der Waals surface area contributed by atoms with Gasteiger partial charge in [0.25, 0.3) is 0 Å². The number of hydrogen-bond donors (Lipinski definition) is 3. The van der Waals surface area contributed by atoms with Crippen LogP contribution in [-0.4, -0.2) is 48.6 Å². The van der Waals surface area contributed by atoms with Gasteiger partial charge < -0.3 is 20.6 Å². The summed E-state index contributed by atoms with van der Waals surface area (Å²) in [5.74, 6) is -0.362. The van der Waals surface area contributed by atoms with E-state index in [4.69, 9.17) is 0 Å². The molecule has 6 nitrogen and oxygen atoms in total. The lowest BCUT2D eigenvalue weighted by Gasteiger charge is -2.28. The lowest BCUT2D eigenvalue weighted by atomic mass is 10.1. The highest BCUT2D eigenvalue weighted by Crippen LogP contribution is 2.03. The number of aliphatic hydroxyl groups excluding tert-OH is 1. The van der Waals surface area contributed by atoms with Gasteiger partial charge in [-0.3, -0.25) is 4.79 Å². The summed E-state index contributed by atoms with van der Waals surface area (Å²) in [5.41, 5.74) is 0.756. The fraction of sp³-hybridized carbons (Fsp3) is 0.467. The van der Waals surface area contributed by atoms with E-state index < -0.39 is 6.23 Å². The fourth-order valence-electron chi connectivity index (χ4n) is 1.58. The van der Waals surface area contributed by atoms with Crippen LogP contribution < -0.4 is 10.6 Å². The third-order valence-corrected chi connectivity index (χ3v) is 2.77. The van der Waals surface area contributed by atoms with Crippen LogP contribution in [0.2, 0.25) is 0 Å². The molecule has 0 aromatic rings. The molecule has 6 heteroatoms. The van der Waals surface area contributed by atoms with Crippen molar-refractivity contribution in [3.8, 4) is 0 Å². The predicted molar refractivity (Wildman–Crippen MR) is 86.6 cm³/mol. The van der Waals surface area contributed by atoms with Crippen molar-refractivity contribution in [2.75, 3.05) is 20.1 Å². The highest BCUT2D eigenvalue weighted by molar-refractivity contribution is 5.78. The van der Waals surface area contributed by atoms with Crippen LogP contribution in [0.5, 0.6) is 0 Å². The highest BCUT2D eigenvalue weighted by Gasteiger charge is 2.19. The van der Waals surface area contributed by atoms with E-state index >= 15 is 0 Å². The van der Waals surface area contributed by atoms with E-state index in [1.165, 1.54) is 12.5 Å². The Bertz CT molecular complexity index is 404. The van der Waals surface area contributed by atoms with Gasteiger partial charge in [-0.2, -0.15) is 0 Å². The third-order valence-electron chi connectivity index (χ3n) is 2.77. The van der Waals surface area contributed by atoms with Crippen molar-refractivity contribution in [1.29, 1.82) is 0 Å². The van der Waals surface area contributed by atoms with Gasteiger partial charge in [0.15, 0.2) is 0 Å². The summed E-state index contributed by atoms with van der Waals surface area (Å²) in [5, 5.41) is 15.6. The van der Waals surface area contributed by atoms with E-state index in [0.717, 1.165) is 5.70 Å². The van der Waals surface area contributed by atoms with Gasteiger partial charge in [0.1, 0.15) is 6.23 Å². The summed E-state index contributed by atoms with van der Waals surface area (Å²) in [6.07, 6.45) is 5.62. The van der Waals surface area contributed by atoms with Crippen molar-refractivity contribution in [2.24, 2.45) is 10.9 Å². The second-order valence-corrected chi connectivity index (χ2v) is 4.59. The number of rotatable bonds is 10. The van der Waals surface area contributed by atoms with Crippen molar-refractivity contribution < 1.29 is 9.90 Å². The van der Waals surface area contributed by atoms with Crippen LogP contribution in [0.15, 0.2) is 42.2 Å². The molecule has 0 saturated heterocycles. The molecule has 0 aliphatic carbocycles. The topological polar surface area (TPSA) is 77.0 Å². The molecule has 0 heterocycles. The quantitative estimate of drug-likeness (QED) is 0.241. The van der Waals surface area contributed by atoms with Gasteiger partial charge in [0.2, 0.25) is 5.91 Å². The molecule has 2 atom stereocenters.